The zero-order valence-corrected chi connectivity index (χ0v) is 13.9. The Hall–Kier alpha value is -2.55. The van der Waals surface area contributed by atoms with Crippen LogP contribution in [0.15, 0.2) is 41.3 Å². The maximum Gasteiger partial charge on any atom is 0.419 e. The molecule has 0 amide bonds. The molecule has 2 aromatic rings. The lowest BCUT2D eigenvalue weighted by molar-refractivity contribution is -0.138. The minimum absolute atomic E-state index is 0.152. The van der Waals surface area contributed by atoms with E-state index >= 15 is 0 Å². The number of benzene rings is 2. The first-order valence-corrected chi connectivity index (χ1v) is 8.72. The lowest BCUT2D eigenvalue weighted by atomic mass is 10.1. The van der Waals surface area contributed by atoms with E-state index in [2.05, 4.69) is 0 Å². The molecule has 0 aliphatic heterocycles. The van der Waals surface area contributed by atoms with E-state index in [0.29, 0.717) is 0 Å². The standard InChI is InChI=1S/C16H13F3O5S/c1-9-7-13(14(25(2,22)23)8-10(9)15(20)21)24-12-6-4-3-5-11(12)16(17,18)19/h3-8H,1-2H3,(H,20,21). The summed E-state index contributed by atoms with van der Waals surface area (Å²) in [6.07, 6.45) is -3.89. The third-order valence-electron chi connectivity index (χ3n) is 3.33. The van der Waals surface area contributed by atoms with E-state index in [1.54, 1.807) is 0 Å². The van der Waals surface area contributed by atoms with Gasteiger partial charge < -0.3 is 9.84 Å². The fraction of sp³-hybridized carbons (Fsp3) is 0.188. The van der Waals surface area contributed by atoms with Crippen molar-refractivity contribution in [2.75, 3.05) is 6.26 Å². The maximum atomic E-state index is 13.1. The molecule has 0 spiro atoms. The van der Waals surface area contributed by atoms with Gasteiger partial charge in [0.25, 0.3) is 0 Å². The molecule has 2 rings (SSSR count). The molecule has 0 atom stereocenters. The summed E-state index contributed by atoms with van der Waals surface area (Å²) < 4.78 is 68.2. The molecule has 2 aromatic carbocycles. The van der Waals surface area contributed by atoms with Crippen LogP contribution in [0, 0.1) is 6.92 Å². The van der Waals surface area contributed by atoms with Gasteiger partial charge in [0, 0.05) is 6.26 Å². The number of hydrogen-bond donors (Lipinski definition) is 1. The van der Waals surface area contributed by atoms with Crippen LogP contribution in [0.25, 0.3) is 0 Å². The van der Waals surface area contributed by atoms with Crippen LogP contribution in [0.3, 0.4) is 0 Å². The lowest BCUT2D eigenvalue weighted by Gasteiger charge is -2.16. The average molecular weight is 374 g/mol. The molecular weight excluding hydrogens is 361 g/mol. The van der Waals surface area contributed by atoms with Crippen LogP contribution in [-0.4, -0.2) is 25.7 Å². The van der Waals surface area contributed by atoms with Gasteiger partial charge in [-0.15, -0.1) is 0 Å². The molecule has 0 heterocycles. The van der Waals surface area contributed by atoms with Crippen LogP contribution < -0.4 is 4.74 Å². The van der Waals surface area contributed by atoms with Gasteiger partial charge in [-0.1, -0.05) is 12.1 Å². The second-order valence-electron chi connectivity index (χ2n) is 5.29. The molecule has 0 aromatic heterocycles. The van der Waals surface area contributed by atoms with E-state index in [-0.39, 0.29) is 16.9 Å². The second kappa shape index (κ2) is 6.40. The number of carboxylic acids is 1. The van der Waals surface area contributed by atoms with Gasteiger partial charge in [0.2, 0.25) is 0 Å². The van der Waals surface area contributed by atoms with Crippen molar-refractivity contribution < 1.29 is 36.2 Å². The first-order valence-electron chi connectivity index (χ1n) is 6.83. The summed E-state index contributed by atoms with van der Waals surface area (Å²) >= 11 is 0. The maximum absolute atomic E-state index is 13.1. The van der Waals surface area contributed by atoms with Gasteiger partial charge in [-0.05, 0) is 36.8 Å². The van der Waals surface area contributed by atoms with Crippen molar-refractivity contribution in [2.45, 2.75) is 18.0 Å². The molecule has 0 saturated heterocycles. The van der Waals surface area contributed by atoms with Crippen molar-refractivity contribution in [1.82, 2.24) is 0 Å². The Morgan fingerprint density at radius 3 is 2.24 bits per heavy atom. The van der Waals surface area contributed by atoms with Gasteiger partial charge in [-0.3, -0.25) is 0 Å². The molecule has 0 aliphatic rings. The summed E-state index contributed by atoms with van der Waals surface area (Å²) in [6.45, 7) is 1.39. The first-order chi connectivity index (χ1) is 11.4. The normalized spacial score (nSPS) is 12.0. The van der Waals surface area contributed by atoms with Crippen LogP contribution in [0.4, 0.5) is 13.2 Å². The van der Waals surface area contributed by atoms with Crippen molar-refractivity contribution in [3.05, 3.63) is 53.1 Å². The average Bonchev–Trinajstić information content (AvgIpc) is 2.45. The Bertz CT molecular complexity index is 933. The Balaban J connectivity index is 2.66. The van der Waals surface area contributed by atoms with Gasteiger partial charge in [0.15, 0.2) is 9.84 Å². The van der Waals surface area contributed by atoms with Crippen LogP contribution in [0.2, 0.25) is 0 Å². The summed E-state index contributed by atoms with van der Waals surface area (Å²) in [5.74, 6) is -2.31. The monoisotopic (exact) mass is 374 g/mol. The third kappa shape index (κ3) is 4.11. The molecule has 0 saturated carbocycles. The predicted molar refractivity (Wildman–Crippen MR) is 82.8 cm³/mol. The number of halogens is 3. The Morgan fingerprint density at radius 2 is 1.72 bits per heavy atom. The van der Waals surface area contributed by atoms with E-state index in [4.69, 9.17) is 9.84 Å². The van der Waals surface area contributed by atoms with Gasteiger partial charge in [0.05, 0.1) is 11.1 Å². The molecule has 5 nitrogen and oxygen atoms in total. The molecule has 25 heavy (non-hydrogen) atoms. The summed E-state index contributed by atoms with van der Waals surface area (Å²) in [6, 6.07) is 6.30. The summed E-state index contributed by atoms with van der Waals surface area (Å²) in [7, 11) is -3.94. The van der Waals surface area contributed by atoms with Gasteiger partial charge in [0.1, 0.15) is 16.4 Å². The van der Waals surface area contributed by atoms with Gasteiger partial charge in [-0.2, -0.15) is 13.2 Å². The topological polar surface area (TPSA) is 80.7 Å². The molecule has 0 unspecified atom stereocenters. The van der Waals surface area contributed by atoms with E-state index in [9.17, 15) is 26.4 Å². The van der Waals surface area contributed by atoms with Crippen LogP contribution in [0.1, 0.15) is 21.5 Å². The Labute approximate surface area is 141 Å². The highest BCUT2D eigenvalue weighted by Gasteiger charge is 2.34. The third-order valence-corrected chi connectivity index (χ3v) is 4.45. The number of hydrogen-bond acceptors (Lipinski definition) is 4. The van der Waals surface area contributed by atoms with Gasteiger partial charge in [-0.25, -0.2) is 13.2 Å². The molecule has 0 fully saturated rings. The number of ether oxygens (including phenoxy) is 1. The van der Waals surface area contributed by atoms with Crippen LogP contribution in [-0.2, 0) is 16.0 Å². The van der Waals surface area contributed by atoms with Crippen molar-refractivity contribution >= 4 is 15.8 Å². The number of alkyl halides is 3. The highest BCUT2D eigenvalue weighted by Crippen LogP contribution is 2.39. The summed E-state index contributed by atoms with van der Waals surface area (Å²) in [5, 5.41) is 9.10. The zero-order chi connectivity index (χ0) is 19.0. The van der Waals surface area contributed by atoms with E-state index < -0.39 is 38.2 Å². The number of carbonyl (C=O) groups is 1. The number of para-hydroxylation sites is 1. The SMILES string of the molecule is Cc1cc(Oc2ccccc2C(F)(F)F)c(S(C)(=O)=O)cc1C(=O)O. The molecule has 0 bridgehead atoms. The van der Waals surface area contributed by atoms with E-state index in [1.807, 2.05) is 0 Å². The lowest BCUT2D eigenvalue weighted by Crippen LogP contribution is -2.09. The highest BCUT2D eigenvalue weighted by atomic mass is 32.2. The smallest absolute Gasteiger partial charge is 0.419 e. The van der Waals surface area contributed by atoms with Crippen LogP contribution in [0.5, 0.6) is 11.5 Å². The quantitative estimate of drug-likeness (QED) is 0.878. The predicted octanol–water partition coefficient (Wildman–Crippen LogP) is 3.91. The summed E-state index contributed by atoms with van der Waals surface area (Å²) in [4.78, 5) is 10.7. The van der Waals surface area contributed by atoms with Crippen molar-refractivity contribution in [3.8, 4) is 11.5 Å². The number of aromatic carboxylic acids is 1. The second-order valence-corrected chi connectivity index (χ2v) is 7.27. The fourth-order valence-corrected chi connectivity index (χ4v) is 2.97. The molecular formula is C16H13F3O5S. The minimum Gasteiger partial charge on any atom is -0.478 e. The first kappa shape index (κ1) is 18.8. The largest absolute Gasteiger partial charge is 0.478 e. The molecule has 134 valence electrons. The molecule has 0 aliphatic carbocycles. The number of aryl methyl sites for hydroxylation is 1. The number of sulfone groups is 1. The van der Waals surface area contributed by atoms with Crippen molar-refractivity contribution in [2.24, 2.45) is 0 Å². The fourth-order valence-electron chi connectivity index (χ4n) is 2.17. The van der Waals surface area contributed by atoms with Crippen molar-refractivity contribution in [1.29, 1.82) is 0 Å². The highest BCUT2D eigenvalue weighted by molar-refractivity contribution is 7.90. The molecule has 0 radical (unpaired) electrons. The Morgan fingerprint density at radius 1 is 1.12 bits per heavy atom. The Kier molecular flexibility index (Phi) is 4.81. The zero-order valence-electron chi connectivity index (χ0n) is 13.1. The van der Waals surface area contributed by atoms with Gasteiger partial charge >= 0.3 is 12.1 Å². The minimum atomic E-state index is -4.70. The van der Waals surface area contributed by atoms with E-state index in [0.717, 1.165) is 30.5 Å². The molecule has 9 heteroatoms. The summed E-state index contributed by atoms with van der Waals surface area (Å²) in [5.41, 5.74) is -1.20. The molecule has 1 N–H and O–H groups in total. The van der Waals surface area contributed by atoms with Crippen LogP contribution >= 0.6 is 0 Å². The number of rotatable bonds is 4. The number of carboxylic acid groups (broad SMARTS) is 1. The van der Waals surface area contributed by atoms with E-state index in [1.165, 1.54) is 19.1 Å². The van der Waals surface area contributed by atoms with Crippen molar-refractivity contribution in [3.63, 3.8) is 0 Å².